The Kier molecular flexibility index (Phi) is 3.94. The van der Waals surface area contributed by atoms with Crippen LogP contribution in [0.3, 0.4) is 0 Å². The van der Waals surface area contributed by atoms with Crippen LogP contribution in [-0.4, -0.2) is 15.8 Å². The van der Waals surface area contributed by atoms with E-state index in [4.69, 9.17) is 4.98 Å². The lowest BCUT2D eigenvalue weighted by Crippen LogP contribution is -1.95. The van der Waals surface area contributed by atoms with E-state index in [-0.39, 0.29) is 5.78 Å². The van der Waals surface area contributed by atoms with Gasteiger partial charge in [-0.1, -0.05) is 23.8 Å². The van der Waals surface area contributed by atoms with Crippen LogP contribution < -0.4 is 0 Å². The lowest BCUT2D eigenvalue weighted by Gasteiger charge is -1.99. The van der Waals surface area contributed by atoms with Crippen LogP contribution >= 0.6 is 11.3 Å². The van der Waals surface area contributed by atoms with Crippen molar-refractivity contribution in [3.63, 3.8) is 0 Å². The Balaban J connectivity index is 2.13. The van der Waals surface area contributed by atoms with Crippen molar-refractivity contribution in [3.05, 3.63) is 51.5 Å². The molecule has 1 N–H and O–H groups in total. The summed E-state index contributed by atoms with van der Waals surface area (Å²) in [6.07, 6.45) is 0. The zero-order valence-corrected chi connectivity index (χ0v) is 14.9. The zero-order valence-electron chi connectivity index (χ0n) is 14.1. The van der Waals surface area contributed by atoms with Crippen molar-refractivity contribution in [3.8, 4) is 22.0 Å². The molecule has 2 aromatic heterocycles. The van der Waals surface area contributed by atoms with Crippen LogP contribution in [0.2, 0.25) is 0 Å². The fraction of sp³-hybridized carbons (Fsp3) is 0.263. The van der Waals surface area contributed by atoms with Gasteiger partial charge in [-0.2, -0.15) is 0 Å². The molecule has 0 saturated heterocycles. The first-order valence-electron chi connectivity index (χ1n) is 7.63. The number of nitrogens with zero attached hydrogens (tertiary/aromatic N) is 1. The number of Topliss-reactive ketones (excluding diaryl/α,β-unsaturated/α-hetero) is 1. The zero-order chi connectivity index (χ0) is 16.7. The summed E-state index contributed by atoms with van der Waals surface area (Å²) >= 11 is 1.69. The summed E-state index contributed by atoms with van der Waals surface area (Å²) in [7, 11) is 0. The molecule has 2 heterocycles. The summed E-state index contributed by atoms with van der Waals surface area (Å²) in [4.78, 5) is 21.2. The highest BCUT2D eigenvalue weighted by molar-refractivity contribution is 7.15. The minimum atomic E-state index is 0.0919. The molecule has 0 aliphatic rings. The highest BCUT2D eigenvalue weighted by Gasteiger charge is 2.20. The van der Waals surface area contributed by atoms with Crippen LogP contribution in [0.1, 0.15) is 39.0 Å². The van der Waals surface area contributed by atoms with Gasteiger partial charge < -0.3 is 4.98 Å². The van der Waals surface area contributed by atoms with Crippen molar-refractivity contribution in [2.75, 3.05) is 0 Å². The predicted octanol–water partition coefficient (Wildman–Crippen LogP) is 5.24. The summed E-state index contributed by atoms with van der Waals surface area (Å²) in [5.74, 6) is 0.0919. The maximum Gasteiger partial charge on any atom is 0.161 e. The van der Waals surface area contributed by atoms with E-state index < -0.39 is 0 Å². The van der Waals surface area contributed by atoms with Crippen molar-refractivity contribution in [2.45, 2.75) is 34.6 Å². The molecular weight excluding hydrogens is 304 g/mol. The predicted molar refractivity (Wildman–Crippen MR) is 96.3 cm³/mol. The highest BCUT2D eigenvalue weighted by Crippen LogP contribution is 2.36. The molecule has 0 bridgehead atoms. The molecule has 0 aliphatic heterocycles. The first-order valence-corrected chi connectivity index (χ1v) is 8.45. The highest BCUT2D eigenvalue weighted by atomic mass is 32.1. The first-order chi connectivity index (χ1) is 10.9. The van der Waals surface area contributed by atoms with Crippen molar-refractivity contribution in [2.24, 2.45) is 0 Å². The monoisotopic (exact) mass is 324 g/mol. The maximum absolute atomic E-state index is 11.8. The van der Waals surface area contributed by atoms with Crippen LogP contribution in [0, 0.1) is 27.7 Å². The number of carbonyl (C=O) groups excluding carboxylic acids is 1. The largest absolute Gasteiger partial charge is 0.356 e. The summed E-state index contributed by atoms with van der Waals surface area (Å²) < 4.78 is 0. The van der Waals surface area contributed by atoms with E-state index in [0.717, 1.165) is 43.7 Å². The fourth-order valence-electron chi connectivity index (χ4n) is 3.04. The van der Waals surface area contributed by atoms with Gasteiger partial charge in [-0.15, -0.1) is 11.3 Å². The number of carbonyl (C=O) groups is 1. The van der Waals surface area contributed by atoms with Crippen LogP contribution in [-0.2, 0) is 0 Å². The van der Waals surface area contributed by atoms with Gasteiger partial charge in [-0.05, 0) is 46.2 Å². The summed E-state index contributed by atoms with van der Waals surface area (Å²) in [5, 5.41) is 1.01. The molecule has 0 amide bonds. The Hall–Kier alpha value is -2.20. The van der Waals surface area contributed by atoms with E-state index in [2.05, 4.69) is 43.1 Å². The Morgan fingerprint density at radius 3 is 2.52 bits per heavy atom. The summed E-state index contributed by atoms with van der Waals surface area (Å²) in [5.41, 5.74) is 6.94. The molecule has 0 spiro atoms. The average molecular weight is 324 g/mol. The molecule has 1 aromatic carbocycles. The number of aryl methyl sites for hydroxylation is 3. The number of nitrogens with one attached hydrogen (secondary N) is 1. The number of benzene rings is 1. The van der Waals surface area contributed by atoms with Crippen molar-refractivity contribution in [1.82, 2.24) is 9.97 Å². The van der Waals surface area contributed by atoms with Gasteiger partial charge in [-0.25, -0.2) is 4.98 Å². The van der Waals surface area contributed by atoms with Crippen LogP contribution in [0.15, 0.2) is 24.3 Å². The molecule has 0 aliphatic carbocycles. The van der Waals surface area contributed by atoms with Crippen LogP contribution in [0.4, 0.5) is 0 Å². The number of rotatable bonds is 3. The Labute approximate surface area is 140 Å². The van der Waals surface area contributed by atoms with E-state index >= 15 is 0 Å². The van der Waals surface area contributed by atoms with Gasteiger partial charge in [0.25, 0.3) is 0 Å². The molecule has 3 nitrogen and oxygen atoms in total. The number of aromatic nitrogens is 2. The second-order valence-electron chi connectivity index (χ2n) is 5.97. The van der Waals surface area contributed by atoms with Gasteiger partial charge in [0, 0.05) is 21.7 Å². The number of hydrogen-bond acceptors (Lipinski definition) is 3. The number of H-pyrrole nitrogens is 1. The van der Waals surface area contributed by atoms with E-state index in [1.807, 2.05) is 13.8 Å². The van der Waals surface area contributed by atoms with Gasteiger partial charge in [0.1, 0.15) is 10.7 Å². The van der Waals surface area contributed by atoms with Gasteiger partial charge >= 0.3 is 0 Å². The third-order valence-electron chi connectivity index (χ3n) is 4.09. The summed E-state index contributed by atoms with van der Waals surface area (Å²) in [6.45, 7) is 9.70. The van der Waals surface area contributed by atoms with Crippen molar-refractivity contribution >= 4 is 17.1 Å². The molecule has 3 aromatic rings. The summed E-state index contributed by atoms with van der Waals surface area (Å²) in [6, 6.07) is 8.38. The quantitative estimate of drug-likeness (QED) is 0.669. The fourth-order valence-corrected chi connectivity index (χ4v) is 3.96. The SMILES string of the molecule is CC(=O)c1c(C)[nH]c(-c2nc(-c3cccc(C)c3)sc2C)c1C. The topological polar surface area (TPSA) is 45.8 Å². The molecule has 0 saturated carbocycles. The van der Waals surface area contributed by atoms with E-state index in [9.17, 15) is 4.79 Å². The molecule has 0 radical (unpaired) electrons. The lowest BCUT2D eigenvalue weighted by atomic mass is 10.1. The number of aromatic amines is 1. The Bertz CT molecular complexity index is 902. The lowest BCUT2D eigenvalue weighted by molar-refractivity contribution is 0.101. The van der Waals surface area contributed by atoms with Crippen molar-refractivity contribution < 1.29 is 4.79 Å². The molecule has 4 heteroatoms. The molecule has 0 fully saturated rings. The Morgan fingerprint density at radius 1 is 1.17 bits per heavy atom. The third kappa shape index (κ3) is 2.75. The maximum atomic E-state index is 11.8. The van der Waals surface area contributed by atoms with Crippen molar-refractivity contribution in [1.29, 1.82) is 0 Å². The van der Waals surface area contributed by atoms with Gasteiger partial charge in [0.05, 0.1) is 5.69 Å². The minimum absolute atomic E-state index is 0.0919. The van der Waals surface area contributed by atoms with Gasteiger partial charge in [-0.3, -0.25) is 4.79 Å². The minimum Gasteiger partial charge on any atom is -0.356 e. The second-order valence-corrected chi connectivity index (χ2v) is 7.18. The van der Waals surface area contributed by atoms with E-state index in [0.29, 0.717) is 0 Å². The smallest absolute Gasteiger partial charge is 0.161 e. The molecule has 118 valence electrons. The normalized spacial score (nSPS) is 11.0. The molecular formula is C19H20N2OS. The molecule has 0 unspecified atom stereocenters. The average Bonchev–Trinajstić information content (AvgIpc) is 2.99. The van der Waals surface area contributed by atoms with E-state index in [1.54, 1.807) is 18.3 Å². The number of ketones is 1. The van der Waals surface area contributed by atoms with Gasteiger partial charge in [0.2, 0.25) is 0 Å². The Morgan fingerprint density at radius 2 is 1.91 bits per heavy atom. The standard InChI is InChI=1S/C19H20N2OS/c1-10-7-6-8-15(9-10)19-21-18(14(5)23-19)17-11(2)16(13(4)22)12(3)20-17/h6-9,20H,1-5H3. The van der Waals surface area contributed by atoms with Crippen LogP contribution in [0.25, 0.3) is 22.0 Å². The molecule has 3 rings (SSSR count). The number of hydrogen-bond donors (Lipinski definition) is 1. The second kappa shape index (κ2) is 5.78. The first kappa shape index (κ1) is 15.7. The molecule has 23 heavy (non-hydrogen) atoms. The van der Waals surface area contributed by atoms with Crippen LogP contribution in [0.5, 0.6) is 0 Å². The third-order valence-corrected chi connectivity index (χ3v) is 5.11. The number of thiazole rings is 1. The molecule has 0 atom stereocenters. The van der Waals surface area contributed by atoms with E-state index in [1.165, 1.54) is 5.56 Å². The van der Waals surface area contributed by atoms with Gasteiger partial charge in [0.15, 0.2) is 5.78 Å².